The molecule has 0 aliphatic carbocycles. The first-order valence-corrected chi connectivity index (χ1v) is 6.44. The molecule has 1 unspecified atom stereocenters. The normalized spacial score (nSPS) is 12.5. The number of aliphatic hydroxyl groups excluding tert-OH is 1. The molecule has 0 aliphatic heterocycles. The molecular formula is C13H18N4O2. The lowest BCUT2D eigenvalue weighted by molar-refractivity contribution is 0.0943. The molecule has 0 bridgehead atoms. The average Bonchev–Trinajstić information content (AvgIpc) is 2.90. The lowest BCUT2D eigenvalue weighted by Gasteiger charge is -2.14. The number of amides is 1. The van der Waals surface area contributed by atoms with E-state index in [2.05, 4.69) is 20.7 Å². The summed E-state index contributed by atoms with van der Waals surface area (Å²) in [5.74, 6) is 0.186. The third-order valence-corrected chi connectivity index (χ3v) is 3.24. The first kappa shape index (κ1) is 13.5. The van der Waals surface area contributed by atoms with Gasteiger partial charge in [-0.25, -0.2) is 0 Å². The van der Waals surface area contributed by atoms with Gasteiger partial charge in [-0.3, -0.25) is 4.79 Å². The van der Waals surface area contributed by atoms with Gasteiger partial charge in [-0.1, -0.05) is 13.3 Å². The van der Waals surface area contributed by atoms with Gasteiger partial charge >= 0.3 is 0 Å². The predicted octanol–water partition coefficient (Wildman–Crippen LogP) is 1.10. The standard InChI is InChI=1S/C13H18N4O2/c1-2-9(5-6-18)8-14-13(19)10-3-4-11-12(7-10)16-17-15-11/h3-4,7,9,18H,2,5-6,8H2,1H3,(H,14,19)(H,15,16,17). The molecule has 6 heteroatoms. The van der Waals surface area contributed by atoms with Crippen molar-refractivity contribution in [2.45, 2.75) is 19.8 Å². The molecular weight excluding hydrogens is 244 g/mol. The van der Waals surface area contributed by atoms with E-state index >= 15 is 0 Å². The summed E-state index contributed by atoms with van der Waals surface area (Å²) < 4.78 is 0. The van der Waals surface area contributed by atoms with Gasteiger partial charge in [-0.2, -0.15) is 15.4 Å². The zero-order chi connectivity index (χ0) is 13.7. The zero-order valence-corrected chi connectivity index (χ0v) is 10.9. The van der Waals surface area contributed by atoms with Crippen LogP contribution in [0.1, 0.15) is 30.1 Å². The fourth-order valence-electron chi connectivity index (χ4n) is 1.95. The van der Waals surface area contributed by atoms with E-state index in [-0.39, 0.29) is 12.5 Å². The lowest BCUT2D eigenvalue weighted by atomic mass is 10.0. The fraction of sp³-hybridized carbons (Fsp3) is 0.462. The van der Waals surface area contributed by atoms with Gasteiger partial charge in [-0.15, -0.1) is 0 Å². The summed E-state index contributed by atoms with van der Waals surface area (Å²) in [5, 5.41) is 22.2. The highest BCUT2D eigenvalue weighted by molar-refractivity contribution is 5.97. The van der Waals surface area contributed by atoms with E-state index in [1.807, 2.05) is 6.92 Å². The number of fused-ring (bicyclic) bond motifs is 1. The van der Waals surface area contributed by atoms with Crippen LogP contribution >= 0.6 is 0 Å². The Morgan fingerprint density at radius 2 is 2.21 bits per heavy atom. The molecule has 0 fully saturated rings. The SMILES string of the molecule is CCC(CCO)CNC(=O)c1ccc2n[nH]nc2c1. The second-order valence-corrected chi connectivity index (χ2v) is 4.52. The monoisotopic (exact) mass is 262 g/mol. The molecule has 2 rings (SSSR count). The maximum absolute atomic E-state index is 12.0. The quantitative estimate of drug-likeness (QED) is 0.727. The lowest BCUT2D eigenvalue weighted by Crippen LogP contribution is -2.29. The van der Waals surface area contributed by atoms with Crippen molar-refractivity contribution in [3.05, 3.63) is 23.8 Å². The molecule has 6 nitrogen and oxygen atoms in total. The van der Waals surface area contributed by atoms with Crippen LogP contribution in [0.2, 0.25) is 0 Å². The Balaban J connectivity index is 1.98. The summed E-state index contributed by atoms with van der Waals surface area (Å²) in [6, 6.07) is 5.20. The molecule has 1 aromatic heterocycles. The maximum Gasteiger partial charge on any atom is 0.251 e. The maximum atomic E-state index is 12.0. The summed E-state index contributed by atoms with van der Waals surface area (Å²) in [6.45, 7) is 2.78. The number of aliphatic hydroxyl groups is 1. The number of carbonyl (C=O) groups is 1. The first-order chi connectivity index (χ1) is 9.24. The summed E-state index contributed by atoms with van der Waals surface area (Å²) in [7, 11) is 0. The number of nitrogens with one attached hydrogen (secondary N) is 2. The molecule has 0 radical (unpaired) electrons. The van der Waals surface area contributed by atoms with Crippen molar-refractivity contribution in [2.75, 3.05) is 13.2 Å². The molecule has 0 saturated heterocycles. The van der Waals surface area contributed by atoms with Crippen molar-refractivity contribution >= 4 is 16.9 Å². The Kier molecular flexibility index (Phi) is 4.46. The van der Waals surface area contributed by atoms with E-state index in [0.29, 0.717) is 30.0 Å². The van der Waals surface area contributed by atoms with Crippen LogP contribution in [0.4, 0.5) is 0 Å². The van der Waals surface area contributed by atoms with Crippen molar-refractivity contribution in [1.82, 2.24) is 20.7 Å². The number of carbonyl (C=O) groups excluding carboxylic acids is 1. The van der Waals surface area contributed by atoms with Gasteiger partial charge in [0.1, 0.15) is 11.0 Å². The molecule has 0 aliphatic rings. The topological polar surface area (TPSA) is 90.9 Å². The zero-order valence-electron chi connectivity index (χ0n) is 10.9. The number of H-pyrrole nitrogens is 1. The highest BCUT2D eigenvalue weighted by atomic mass is 16.3. The van der Waals surface area contributed by atoms with Crippen molar-refractivity contribution in [3.63, 3.8) is 0 Å². The Hall–Kier alpha value is -1.95. The Morgan fingerprint density at radius 1 is 1.42 bits per heavy atom. The summed E-state index contributed by atoms with van der Waals surface area (Å²) in [6.07, 6.45) is 1.64. The molecule has 1 atom stereocenters. The summed E-state index contributed by atoms with van der Waals surface area (Å²) in [5.41, 5.74) is 1.98. The van der Waals surface area contributed by atoms with Crippen molar-refractivity contribution in [3.8, 4) is 0 Å². The number of hydrogen-bond donors (Lipinski definition) is 3. The largest absolute Gasteiger partial charge is 0.396 e. The second kappa shape index (κ2) is 6.29. The predicted molar refractivity (Wildman–Crippen MR) is 71.7 cm³/mol. The third-order valence-electron chi connectivity index (χ3n) is 3.24. The van der Waals surface area contributed by atoms with Crippen LogP contribution in [0.5, 0.6) is 0 Å². The highest BCUT2D eigenvalue weighted by Gasteiger charge is 2.11. The van der Waals surface area contributed by atoms with Crippen LogP contribution in [-0.4, -0.2) is 39.6 Å². The van der Waals surface area contributed by atoms with Gasteiger partial charge in [0.15, 0.2) is 0 Å². The number of aromatic nitrogens is 3. The molecule has 1 heterocycles. The van der Waals surface area contributed by atoms with Crippen molar-refractivity contribution < 1.29 is 9.90 Å². The van der Waals surface area contributed by atoms with Crippen LogP contribution in [-0.2, 0) is 0 Å². The van der Waals surface area contributed by atoms with E-state index in [0.717, 1.165) is 11.9 Å². The van der Waals surface area contributed by atoms with Crippen LogP contribution in [0.15, 0.2) is 18.2 Å². The molecule has 0 spiro atoms. The van der Waals surface area contributed by atoms with E-state index in [9.17, 15) is 4.79 Å². The smallest absolute Gasteiger partial charge is 0.251 e. The van der Waals surface area contributed by atoms with Gasteiger partial charge in [0, 0.05) is 18.7 Å². The van der Waals surface area contributed by atoms with Gasteiger partial charge < -0.3 is 10.4 Å². The Bertz CT molecular complexity index is 552. The minimum absolute atomic E-state index is 0.124. The van der Waals surface area contributed by atoms with Gasteiger partial charge in [0.25, 0.3) is 5.91 Å². The van der Waals surface area contributed by atoms with Crippen LogP contribution in [0.3, 0.4) is 0 Å². The summed E-state index contributed by atoms with van der Waals surface area (Å²) >= 11 is 0. The van der Waals surface area contributed by atoms with E-state index in [4.69, 9.17) is 5.11 Å². The van der Waals surface area contributed by atoms with E-state index in [1.165, 1.54) is 0 Å². The third kappa shape index (κ3) is 3.29. The molecule has 102 valence electrons. The number of aromatic amines is 1. The fourth-order valence-corrected chi connectivity index (χ4v) is 1.95. The number of hydrogen-bond acceptors (Lipinski definition) is 4. The van der Waals surface area contributed by atoms with Crippen LogP contribution in [0.25, 0.3) is 11.0 Å². The minimum atomic E-state index is -0.124. The molecule has 1 aromatic carbocycles. The molecule has 1 amide bonds. The molecule has 19 heavy (non-hydrogen) atoms. The number of benzene rings is 1. The van der Waals surface area contributed by atoms with Gasteiger partial charge in [-0.05, 0) is 30.5 Å². The van der Waals surface area contributed by atoms with Gasteiger partial charge in [0.05, 0.1) is 0 Å². The minimum Gasteiger partial charge on any atom is -0.396 e. The van der Waals surface area contributed by atoms with Crippen LogP contribution in [0, 0.1) is 5.92 Å². The average molecular weight is 262 g/mol. The highest BCUT2D eigenvalue weighted by Crippen LogP contribution is 2.11. The number of rotatable bonds is 6. The number of nitrogens with zero attached hydrogens (tertiary/aromatic N) is 2. The van der Waals surface area contributed by atoms with Gasteiger partial charge in [0.2, 0.25) is 0 Å². The second-order valence-electron chi connectivity index (χ2n) is 4.52. The summed E-state index contributed by atoms with van der Waals surface area (Å²) in [4.78, 5) is 12.0. The van der Waals surface area contributed by atoms with E-state index < -0.39 is 0 Å². The van der Waals surface area contributed by atoms with E-state index in [1.54, 1.807) is 18.2 Å². The molecule has 3 N–H and O–H groups in total. The Labute approximate surface area is 111 Å². The Morgan fingerprint density at radius 3 is 2.95 bits per heavy atom. The van der Waals surface area contributed by atoms with Crippen molar-refractivity contribution in [1.29, 1.82) is 0 Å². The van der Waals surface area contributed by atoms with Crippen molar-refractivity contribution in [2.24, 2.45) is 5.92 Å². The first-order valence-electron chi connectivity index (χ1n) is 6.44. The molecule has 0 saturated carbocycles. The van der Waals surface area contributed by atoms with Crippen LogP contribution < -0.4 is 5.32 Å². The molecule has 2 aromatic rings.